The molecule has 0 atom stereocenters. The summed E-state index contributed by atoms with van der Waals surface area (Å²) in [5, 5.41) is 9.38. The predicted octanol–water partition coefficient (Wildman–Crippen LogP) is 3.00. The van der Waals surface area contributed by atoms with Gasteiger partial charge in [0, 0.05) is 42.8 Å². The Morgan fingerprint density at radius 2 is 2.26 bits per heavy atom. The molecule has 2 heterocycles. The second-order valence-corrected chi connectivity index (χ2v) is 4.91. The van der Waals surface area contributed by atoms with Crippen LogP contribution in [0.4, 0.5) is 5.69 Å². The van der Waals surface area contributed by atoms with Gasteiger partial charge in [-0.15, -0.1) is 0 Å². The highest BCUT2D eigenvalue weighted by molar-refractivity contribution is 5.75. The summed E-state index contributed by atoms with van der Waals surface area (Å²) in [7, 11) is 2.09. The summed E-state index contributed by atoms with van der Waals surface area (Å²) in [6.07, 6.45) is 5.82. The summed E-state index contributed by atoms with van der Waals surface area (Å²) in [6.45, 7) is 1.06. The summed E-state index contributed by atoms with van der Waals surface area (Å²) in [4.78, 5) is 6.37. The first-order valence-electron chi connectivity index (χ1n) is 6.48. The Hall–Kier alpha value is -2.34. The Morgan fingerprint density at radius 1 is 1.37 bits per heavy atom. The topological polar surface area (TPSA) is 39.9 Å². The molecule has 1 aromatic heterocycles. The SMILES string of the molecule is CN1CCCc2cc(-c3cccnc3)c(C#N)cc21. The van der Waals surface area contributed by atoms with E-state index in [4.69, 9.17) is 0 Å². The van der Waals surface area contributed by atoms with Crippen LogP contribution in [0.5, 0.6) is 0 Å². The van der Waals surface area contributed by atoms with Crippen molar-refractivity contribution in [2.45, 2.75) is 12.8 Å². The van der Waals surface area contributed by atoms with Gasteiger partial charge in [-0.25, -0.2) is 0 Å². The Balaban J connectivity index is 2.18. The molecular formula is C16H15N3. The fraction of sp³-hybridized carbons (Fsp3) is 0.250. The molecule has 0 amide bonds. The lowest BCUT2D eigenvalue weighted by atomic mass is 9.93. The molecule has 3 rings (SSSR count). The van der Waals surface area contributed by atoms with E-state index in [0.29, 0.717) is 0 Å². The van der Waals surface area contributed by atoms with Crippen molar-refractivity contribution < 1.29 is 0 Å². The maximum atomic E-state index is 9.38. The Bertz CT molecular complexity index is 641. The number of anilines is 1. The van der Waals surface area contributed by atoms with E-state index >= 15 is 0 Å². The highest BCUT2D eigenvalue weighted by atomic mass is 15.1. The molecular weight excluding hydrogens is 234 g/mol. The molecule has 19 heavy (non-hydrogen) atoms. The molecule has 0 bridgehead atoms. The summed E-state index contributed by atoms with van der Waals surface area (Å²) in [6, 6.07) is 10.4. The number of hydrogen-bond acceptors (Lipinski definition) is 3. The standard InChI is InChI=1S/C16H15N3/c1-19-7-3-5-12-8-15(13-4-2-6-18-11-13)14(10-17)9-16(12)19/h2,4,6,8-9,11H,3,5,7H2,1H3. The van der Waals surface area contributed by atoms with Gasteiger partial charge in [0.25, 0.3) is 0 Å². The van der Waals surface area contributed by atoms with Crippen LogP contribution >= 0.6 is 0 Å². The monoisotopic (exact) mass is 249 g/mol. The van der Waals surface area contributed by atoms with E-state index in [0.717, 1.165) is 29.7 Å². The minimum Gasteiger partial charge on any atom is -0.374 e. The smallest absolute Gasteiger partial charge is 0.0998 e. The van der Waals surface area contributed by atoms with Gasteiger partial charge < -0.3 is 4.90 Å². The van der Waals surface area contributed by atoms with Crippen molar-refractivity contribution in [1.29, 1.82) is 5.26 Å². The number of aryl methyl sites for hydroxylation is 1. The zero-order chi connectivity index (χ0) is 13.2. The number of nitriles is 1. The average molecular weight is 249 g/mol. The van der Waals surface area contributed by atoms with E-state index in [2.05, 4.69) is 29.1 Å². The Morgan fingerprint density at radius 3 is 3.00 bits per heavy atom. The minimum atomic E-state index is 0.723. The predicted molar refractivity (Wildman–Crippen MR) is 76.0 cm³/mol. The number of nitrogens with zero attached hydrogens (tertiary/aromatic N) is 3. The number of hydrogen-bond donors (Lipinski definition) is 0. The quantitative estimate of drug-likeness (QED) is 0.780. The second kappa shape index (κ2) is 4.74. The molecule has 1 aliphatic rings. The maximum Gasteiger partial charge on any atom is 0.0998 e. The minimum absolute atomic E-state index is 0.723. The van der Waals surface area contributed by atoms with Crippen LogP contribution in [0.1, 0.15) is 17.5 Å². The van der Waals surface area contributed by atoms with Gasteiger partial charge in [-0.1, -0.05) is 6.07 Å². The van der Waals surface area contributed by atoms with E-state index in [1.807, 2.05) is 24.4 Å². The van der Waals surface area contributed by atoms with Gasteiger partial charge in [-0.05, 0) is 36.6 Å². The number of aromatic nitrogens is 1. The van der Waals surface area contributed by atoms with Gasteiger partial charge in [-0.3, -0.25) is 4.98 Å². The molecule has 2 aromatic rings. The fourth-order valence-electron chi connectivity index (χ4n) is 2.67. The summed E-state index contributed by atoms with van der Waals surface area (Å²) in [5.41, 5.74) is 5.24. The summed E-state index contributed by atoms with van der Waals surface area (Å²) < 4.78 is 0. The van der Waals surface area contributed by atoms with Crippen LogP contribution in [0, 0.1) is 11.3 Å². The third-order valence-corrected chi connectivity index (χ3v) is 3.66. The van der Waals surface area contributed by atoms with Gasteiger partial charge >= 0.3 is 0 Å². The first kappa shape index (κ1) is 11.7. The molecule has 0 radical (unpaired) electrons. The Kier molecular flexibility index (Phi) is 2.92. The molecule has 0 aliphatic carbocycles. The van der Waals surface area contributed by atoms with Crippen molar-refractivity contribution in [2.24, 2.45) is 0 Å². The molecule has 0 N–H and O–H groups in total. The largest absolute Gasteiger partial charge is 0.374 e. The number of pyridine rings is 1. The van der Waals surface area contributed by atoms with E-state index in [-0.39, 0.29) is 0 Å². The van der Waals surface area contributed by atoms with Gasteiger partial charge in [0.05, 0.1) is 11.6 Å². The molecule has 3 nitrogen and oxygen atoms in total. The van der Waals surface area contributed by atoms with E-state index in [1.165, 1.54) is 17.7 Å². The number of rotatable bonds is 1. The van der Waals surface area contributed by atoms with Crippen LogP contribution in [-0.4, -0.2) is 18.6 Å². The first-order chi connectivity index (χ1) is 9.29. The molecule has 0 unspecified atom stereocenters. The van der Waals surface area contributed by atoms with Crippen LogP contribution in [0.15, 0.2) is 36.7 Å². The van der Waals surface area contributed by atoms with Crippen LogP contribution in [-0.2, 0) is 6.42 Å². The van der Waals surface area contributed by atoms with Crippen molar-refractivity contribution in [2.75, 3.05) is 18.5 Å². The molecule has 0 saturated carbocycles. The summed E-state index contributed by atoms with van der Waals surface area (Å²) in [5.74, 6) is 0. The highest BCUT2D eigenvalue weighted by Crippen LogP contribution is 2.33. The third-order valence-electron chi connectivity index (χ3n) is 3.66. The van der Waals surface area contributed by atoms with Gasteiger partial charge in [0.1, 0.15) is 0 Å². The van der Waals surface area contributed by atoms with Gasteiger partial charge in [0.2, 0.25) is 0 Å². The zero-order valence-corrected chi connectivity index (χ0v) is 10.9. The lowest BCUT2D eigenvalue weighted by Gasteiger charge is -2.28. The third kappa shape index (κ3) is 2.06. The highest BCUT2D eigenvalue weighted by Gasteiger charge is 2.17. The van der Waals surface area contributed by atoms with Crippen LogP contribution in [0.25, 0.3) is 11.1 Å². The fourth-order valence-corrected chi connectivity index (χ4v) is 2.67. The van der Waals surface area contributed by atoms with Crippen molar-refractivity contribution >= 4 is 5.69 Å². The van der Waals surface area contributed by atoms with Crippen LogP contribution in [0.3, 0.4) is 0 Å². The molecule has 3 heteroatoms. The molecule has 0 fully saturated rings. The van der Waals surface area contributed by atoms with Gasteiger partial charge in [0.15, 0.2) is 0 Å². The van der Waals surface area contributed by atoms with Crippen molar-refractivity contribution in [3.8, 4) is 17.2 Å². The van der Waals surface area contributed by atoms with E-state index in [1.54, 1.807) is 6.20 Å². The average Bonchev–Trinajstić information content (AvgIpc) is 2.47. The molecule has 0 saturated heterocycles. The van der Waals surface area contributed by atoms with E-state index in [9.17, 15) is 5.26 Å². The number of benzene rings is 1. The van der Waals surface area contributed by atoms with Crippen LogP contribution < -0.4 is 4.90 Å². The number of fused-ring (bicyclic) bond motifs is 1. The molecule has 1 aromatic carbocycles. The lowest BCUT2D eigenvalue weighted by Crippen LogP contribution is -2.24. The van der Waals surface area contributed by atoms with Crippen molar-refractivity contribution in [1.82, 2.24) is 4.98 Å². The van der Waals surface area contributed by atoms with Crippen molar-refractivity contribution in [3.05, 3.63) is 47.8 Å². The normalized spacial score (nSPS) is 13.8. The van der Waals surface area contributed by atoms with E-state index < -0.39 is 0 Å². The zero-order valence-electron chi connectivity index (χ0n) is 10.9. The first-order valence-corrected chi connectivity index (χ1v) is 6.48. The summed E-state index contributed by atoms with van der Waals surface area (Å²) >= 11 is 0. The van der Waals surface area contributed by atoms with Gasteiger partial charge in [-0.2, -0.15) is 5.26 Å². The van der Waals surface area contributed by atoms with Crippen molar-refractivity contribution in [3.63, 3.8) is 0 Å². The molecule has 1 aliphatic heterocycles. The lowest BCUT2D eigenvalue weighted by molar-refractivity contribution is 0.744. The molecule has 94 valence electrons. The second-order valence-electron chi connectivity index (χ2n) is 4.91. The Labute approximate surface area is 113 Å². The van der Waals surface area contributed by atoms with Crippen LogP contribution in [0.2, 0.25) is 0 Å². The maximum absolute atomic E-state index is 9.38. The molecule has 0 spiro atoms.